The minimum Gasteiger partial charge on any atom is -0.330 e. The fourth-order valence-electron chi connectivity index (χ4n) is 2.69. The van der Waals surface area contributed by atoms with Crippen molar-refractivity contribution in [2.24, 2.45) is 5.73 Å². The Hall–Kier alpha value is -0.600. The topological polar surface area (TPSA) is 26.0 Å². The van der Waals surface area contributed by atoms with E-state index in [1.807, 2.05) is 6.07 Å². The van der Waals surface area contributed by atoms with Gasteiger partial charge in [0.1, 0.15) is 5.82 Å². The Kier molecular flexibility index (Phi) is 3.22. The van der Waals surface area contributed by atoms with Crippen molar-refractivity contribution < 1.29 is 4.39 Å². The van der Waals surface area contributed by atoms with Gasteiger partial charge in [-0.15, -0.1) is 0 Å². The third kappa shape index (κ3) is 1.74. The van der Waals surface area contributed by atoms with Gasteiger partial charge in [-0.1, -0.05) is 36.6 Å². The molecule has 1 fully saturated rings. The lowest BCUT2D eigenvalue weighted by atomic mass is 9.78. The zero-order valence-corrected chi connectivity index (χ0v) is 10.3. The maximum Gasteiger partial charge on any atom is 0.144 e. The van der Waals surface area contributed by atoms with Gasteiger partial charge in [0, 0.05) is 12.0 Å². The predicted molar refractivity (Wildman–Crippen MR) is 65.3 cm³/mol. The summed E-state index contributed by atoms with van der Waals surface area (Å²) in [5.41, 5.74) is 7.28. The average Bonchev–Trinajstić information content (AvgIpc) is 2.76. The van der Waals surface area contributed by atoms with E-state index >= 15 is 0 Å². The van der Waals surface area contributed by atoms with Crippen molar-refractivity contribution in [3.63, 3.8) is 0 Å². The van der Waals surface area contributed by atoms with Crippen LogP contribution in [0.25, 0.3) is 0 Å². The van der Waals surface area contributed by atoms with E-state index < -0.39 is 0 Å². The predicted octanol–water partition coefficient (Wildman–Crippen LogP) is 3.56. The van der Waals surface area contributed by atoms with Crippen LogP contribution < -0.4 is 5.73 Å². The Morgan fingerprint density at radius 1 is 1.38 bits per heavy atom. The summed E-state index contributed by atoms with van der Waals surface area (Å²) in [6.07, 6.45) is 4.35. The number of nitrogens with two attached hydrogens (primary N) is 1. The van der Waals surface area contributed by atoms with Crippen LogP contribution in [0.15, 0.2) is 12.1 Å². The normalized spacial score (nSPS) is 19.0. The number of hydrogen-bond acceptors (Lipinski definition) is 1. The Balaban J connectivity index is 2.51. The summed E-state index contributed by atoms with van der Waals surface area (Å²) in [6.45, 7) is 2.28. The van der Waals surface area contributed by atoms with Crippen molar-refractivity contribution in [3.8, 4) is 0 Å². The minimum atomic E-state index is -0.293. The molecule has 2 rings (SSSR count). The van der Waals surface area contributed by atoms with Gasteiger partial charge >= 0.3 is 0 Å². The fourth-order valence-corrected chi connectivity index (χ4v) is 3.10. The zero-order chi connectivity index (χ0) is 11.8. The molecule has 0 radical (unpaired) electrons. The largest absolute Gasteiger partial charge is 0.330 e. The van der Waals surface area contributed by atoms with Crippen LogP contribution in [-0.2, 0) is 5.41 Å². The smallest absolute Gasteiger partial charge is 0.144 e. The summed E-state index contributed by atoms with van der Waals surface area (Å²) in [7, 11) is 0. The third-order valence-electron chi connectivity index (χ3n) is 3.80. The Morgan fingerprint density at radius 3 is 2.56 bits per heavy atom. The molecule has 0 aromatic heterocycles. The van der Waals surface area contributed by atoms with Gasteiger partial charge in [0.2, 0.25) is 0 Å². The fraction of sp³-hybridized carbons (Fsp3) is 0.538. The molecule has 0 saturated heterocycles. The molecule has 1 aliphatic carbocycles. The first-order valence-electron chi connectivity index (χ1n) is 5.76. The van der Waals surface area contributed by atoms with Gasteiger partial charge in [-0.2, -0.15) is 0 Å². The first kappa shape index (κ1) is 11.9. The molecular formula is C13H17ClFN. The van der Waals surface area contributed by atoms with Crippen LogP contribution in [0.2, 0.25) is 5.02 Å². The van der Waals surface area contributed by atoms with Crippen molar-refractivity contribution in [1.82, 2.24) is 0 Å². The van der Waals surface area contributed by atoms with E-state index in [1.54, 1.807) is 13.0 Å². The minimum absolute atomic E-state index is 0.0916. The number of rotatable bonds is 2. The number of hydrogen-bond donors (Lipinski definition) is 1. The Bertz CT molecular complexity index is 397. The summed E-state index contributed by atoms with van der Waals surface area (Å²) >= 11 is 6.12. The van der Waals surface area contributed by atoms with E-state index in [-0.39, 0.29) is 16.3 Å². The van der Waals surface area contributed by atoms with E-state index in [9.17, 15) is 4.39 Å². The summed E-state index contributed by atoms with van der Waals surface area (Å²) in [5.74, 6) is -0.293. The lowest BCUT2D eigenvalue weighted by Gasteiger charge is -2.29. The highest BCUT2D eigenvalue weighted by Crippen LogP contribution is 2.43. The van der Waals surface area contributed by atoms with E-state index in [4.69, 9.17) is 17.3 Å². The summed E-state index contributed by atoms with van der Waals surface area (Å²) < 4.78 is 13.8. The molecule has 1 saturated carbocycles. The van der Waals surface area contributed by atoms with Gasteiger partial charge in [-0.25, -0.2) is 4.39 Å². The van der Waals surface area contributed by atoms with Crippen molar-refractivity contribution in [1.29, 1.82) is 0 Å². The molecule has 0 amide bonds. The second kappa shape index (κ2) is 4.34. The van der Waals surface area contributed by atoms with Gasteiger partial charge in [-0.3, -0.25) is 0 Å². The molecule has 1 aliphatic rings. The molecule has 0 spiro atoms. The van der Waals surface area contributed by atoms with Crippen LogP contribution in [0.3, 0.4) is 0 Å². The van der Waals surface area contributed by atoms with Crippen molar-refractivity contribution in [2.75, 3.05) is 6.54 Å². The first-order chi connectivity index (χ1) is 7.60. The highest BCUT2D eigenvalue weighted by atomic mass is 35.5. The van der Waals surface area contributed by atoms with Crippen LogP contribution in [0.5, 0.6) is 0 Å². The molecule has 0 bridgehead atoms. The van der Waals surface area contributed by atoms with E-state index in [2.05, 4.69) is 0 Å². The molecule has 1 nitrogen and oxygen atoms in total. The lowest BCUT2D eigenvalue weighted by molar-refractivity contribution is 0.449. The zero-order valence-electron chi connectivity index (χ0n) is 9.52. The second-order valence-corrected chi connectivity index (χ2v) is 5.13. The van der Waals surface area contributed by atoms with Gasteiger partial charge in [0.15, 0.2) is 0 Å². The van der Waals surface area contributed by atoms with Crippen LogP contribution >= 0.6 is 11.6 Å². The summed E-state index contributed by atoms with van der Waals surface area (Å²) in [4.78, 5) is 0. The Morgan fingerprint density at radius 2 is 2.00 bits per heavy atom. The molecule has 3 heteroatoms. The molecule has 2 N–H and O–H groups in total. The molecule has 0 heterocycles. The third-order valence-corrected chi connectivity index (χ3v) is 4.17. The molecule has 0 aliphatic heterocycles. The highest BCUT2D eigenvalue weighted by molar-refractivity contribution is 6.31. The Labute approximate surface area is 101 Å². The SMILES string of the molecule is Cc1ccc(C2(CN)CCCC2)c(Cl)c1F. The van der Waals surface area contributed by atoms with E-state index in [0.29, 0.717) is 12.1 Å². The number of aryl methyl sites for hydroxylation is 1. The molecule has 88 valence electrons. The lowest BCUT2D eigenvalue weighted by Crippen LogP contribution is -2.32. The first-order valence-corrected chi connectivity index (χ1v) is 6.14. The molecule has 1 aromatic carbocycles. The molecule has 0 atom stereocenters. The van der Waals surface area contributed by atoms with E-state index in [0.717, 1.165) is 31.2 Å². The molecule has 16 heavy (non-hydrogen) atoms. The number of halogens is 2. The van der Waals surface area contributed by atoms with Crippen LogP contribution in [0.4, 0.5) is 4.39 Å². The summed E-state index contributed by atoms with van der Waals surface area (Å²) in [5, 5.41) is 0.271. The highest BCUT2D eigenvalue weighted by Gasteiger charge is 2.36. The average molecular weight is 242 g/mol. The van der Waals surface area contributed by atoms with Gasteiger partial charge in [0.05, 0.1) is 5.02 Å². The van der Waals surface area contributed by atoms with Crippen LogP contribution in [0.1, 0.15) is 36.8 Å². The summed E-state index contributed by atoms with van der Waals surface area (Å²) in [6, 6.07) is 3.74. The van der Waals surface area contributed by atoms with Crippen molar-refractivity contribution >= 4 is 11.6 Å². The maximum absolute atomic E-state index is 13.8. The maximum atomic E-state index is 13.8. The molecule has 1 aromatic rings. The second-order valence-electron chi connectivity index (χ2n) is 4.75. The van der Waals surface area contributed by atoms with Crippen LogP contribution in [0, 0.1) is 12.7 Å². The van der Waals surface area contributed by atoms with E-state index in [1.165, 1.54) is 0 Å². The molecular weight excluding hydrogens is 225 g/mol. The van der Waals surface area contributed by atoms with Crippen LogP contribution in [-0.4, -0.2) is 6.54 Å². The number of benzene rings is 1. The van der Waals surface area contributed by atoms with Gasteiger partial charge < -0.3 is 5.73 Å². The van der Waals surface area contributed by atoms with Gasteiger partial charge in [0.25, 0.3) is 0 Å². The molecule has 0 unspecified atom stereocenters. The van der Waals surface area contributed by atoms with Crippen molar-refractivity contribution in [2.45, 2.75) is 38.0 Å². The quantitative estimate of drug-likeness (QED) is 0.842. The van der Waals surface area contributed by atoms with Crippen molar-refractivity contribution in [3.05, 3.63) is 34.1 Å². The monoisotopic (exact) mass is 241 g/mol. The van der Waals surface area contributed by atoms with Gasteiger partial charge in [-0.05, 0) is 30.9 Å². The standard InChI is InChI=1S/C13H17ClFN/c1-9-4-5-10(11(14)12(9)15)13(8-16)6-2-3-7-13/h4-5H,2-3,6-8,16H2,1H3.